The van der Waals surface area contributed by atoms with Crippen molar-refractivity contribution >= 4 is 5.91 Å². The van der Waals surface area contributed by atoms with Crippen molar-refractivity contribution in [2.75, 3.05) is 6.61 Å². The van der Waals surface area contributed by atoms with Gasteiger partial charge in [-0.3, -0.25) is 4.79 Å². The summed E-state index contributed by atoms with van der Waals surface area (Å²) in [6.07, 6.45) is 74.5. The maximum absolute atomic E-state index is 12.5. The maximum atomic E-state index is 12.5. The van der Waals surface area contributed by atoms with E-state index in [0.29, 0.717) is 6.42 Å². The summed E-state index contributed by atoms with van der Waals surface area (Å²) in [5.74, 6) is -0.0584. The lowest BCUT2D eigenvalue weighted by molar-refractivity contribution is -0.123. The van der Waals surface area contributed by atoms with Crippen molar-refractivity contribution in [1.82, 2.24) is 5.32 Å². The second-order valence-electron chi connectivity index (χ2n) is 19.7. The lowest BCUT2D eigenvalue weighted by Crippen LogP contribution is -2.45. The van der Waals surface area contributed by atoms with Gasteiger partial charge in [0.1, 0.15) is 0 Å². The largest absolute Gasteiger partial charge is 0.394 e. The van der Waals surface area contributed by atoms with Crippen LogP contribution in [0.25, 0.3) is 0 Å². The lowest BCUT2D eigenvalue weighted by Gasteiger charge is -2.20. The minimum Gasteiger partial charge on any atom is -0.394 e. The lowest BCUT2D eigenvalue weighted by atomic mass is 10.0. The van der Waals surface area contributed by atoms with Gasteiger partial charge in [0, 0.05) is 6.42 Å². The highest BCUT2D eigenvalue weighted by Crippen LogP contribution is 2.17. The van der Waals surface area contributed by atoms with E-state index in [1.165, 1.54) is 263 Å². The molecule has 0 aromatic heterocycles. The number of hydrogen-bond acceptors (Lipinski definition) is 3. The average molecular weight is 885 g/mol. The molecule has 4 heteroatoms. The molecule has 63 heavy (non-hydrogen) atoms. The molecule has 0 aromatic rings. The molecule has 4 nitrogen and oxygen atoms in total. The van der Waals surface area contributed by atoms with Crippen LogP contribution in [0.2, 0.25) is 0 Å². The van der Waals surface area contributed by atoms with Gasteiger partial charge >= 0.3 is 0 Å². The summed E-state index contributed by atoms with van der Waals surface area (Å²) < 4.78 is 0. The van der Waals surface area contributed by atoms with E-state index in [-0.39, 0.29) is 12.5 Å². The van der Waals surface area contributed by atoms with Gasteiger partial charge in [-0.15, -0.1) is 0 Å². The fourth-order valence-corrected chi connectivity index (χ4v) is 8.98. The Morgan fingerprint density at radius 3 is 0.952 bits per heavy atom. The second-order valence-corrected chi connectivity index (χ2v) is 19.7. The number of aliphatic hydroxyl groups excluding tert-OH is 2. The van der Waals surface area contributed by atoms with E-state index in [9.17, 15) is 15.0 Å². The molecule has 0 aliphatic rings. The minimum atomic E-state index is -0.838. The molecule has 0 spiro atoms. The normalized spacial score (nSPS) is 13.0. The highest BCUT2D eigenvalue weighted by molar-refractivity contribution is 5.76. The number of amides is 1. The third-order valence-electron chi connectivity index (χ3n) is 13.4. The molecule has 372 valence electrons. The highest BCUT2D eigenvalue weighted by atomic mass is 16.3. The molecule has 2 unspecified atom stereocenters. The Balaban J connectivity index is 3.45. The molecule has 0 heterocycles. The summed E-state index contributed by atoms with van der Waals surface area (Å²) in [6.45, 7) is 4.33. The molecule has 0 aliphatic carbocycles. The van der Waals surface area contributed by atoms with Crippen LogP contribution in [-0.4, -0.2) is 34.9 Å². The number of hydrogen-bond donors (Lipinski definition) is 3. The first-order valence-corrected chi connectivity index (χ1v) is 28.7. The van der Waals surface area contributed by atoms with Crippen molar-refractivity contribution in [3.05, 3.63) is 36.5 Å². The van der Waals surface area contributed by atoms with Crippen LogP contribution in [0.1, 0.15) is 316 Å². The van der Waals surface area contributed by atoms with E-state index in [1.54, 1.807) is 6.08 Å². The average Bonchev–Trinajstić information content (AvgIpc) is 3.29. The van der Waals surface area contributed by atoms with Crippen molar-refractivity contribution in [3.63, 3.8) is 0 Å². The summed E-state index contributed by atoms with van der Waals surface area (Å²) in [5, 5.41) is 23.2. The van der Waals surface area contributed by atoms with E-state index < -0.39 is 12.1 Å². The molecule has 0 saturated carbocycles. The first-order chi connectivity index (χ1) is 31.2. The third kappa shape index (κ3) is 51.5. The Kier molecular flexibility index (Phi) is 53.7. The van der Waals surface area contributed by atoms with Crippen molar-refractivity contribution in [3.8, 4) is 0 Å². The molecule has 0 rings (SSSR count). The SMILES string of the molecule is CCCCCCC/C=C\C/C=C\CCCCCCCCCCCCCCCCCCCCCC(=O)NC(CO)C(O)/C=C/CCCCCCCCCCCCCCCCCCCC. The van der Waals surface area contributed by atoms with Crippen LogP contribution in [0, 0.1) is 0 Å². The molecule has 3 N–H and O–H groups in total. The number of carbonyl (C=O) groups is 1. The van der Waals surface area contributed by atoms with Crippen LogP contribution < -0.4 is 5.32 Å². The van der Waals surface area contributed by atoms with Gasteiger partial charge in [0.15, 0.2) is 0 Å². The van der Waals surface area contributed by atoms with Gasteiger partial charge < -0.3 is 15.5 Å². The zero-order valence-corrected chi connectivity index (χ0v) is 42.9. The van der Waals surface area contributed by atoms with Crippen LogP contribution in [-0.2, 0) is 4.79 Å². The summed E-state index contributed by atoms with van der Waals surface area (Å²) in [7, 11) is 0. The Morgan fingerprint density at radius 1 is 0.381 bits per heavy atom. The van der Waals surface area contributed by atoms with E-state index in [4.69, 9.17) is 0 Å². The van der Waals surface area contributed by atoms with Crippen LogP contribution in [0.15, 0.2) is 36.5 Å². The van der Waals surface area contributed by atoms with Crippen LogP contribution in [0.4, 0.5) is 0 Å². The fraction of sp³-hybridized carbons (Fsp3) is 0.881. The van der Waals surface area contributed by atoms with Gasteiger partial charge in [0.05, 0.1) is 18.8 Å². The molecule has 0 fully saturated rings. The molecule has 0 aliphatic heterocycles. The van der Waals surface area contributed by atoms with Crippen LogP contribution in [0.5, 0.6) is 0 Å². The summed E-state index contributed by atoms with van der Waals surface area (Å²) in [6, 6.07) is -0.621. The minimum absolute atomic E-state index is 0.0584. The predicted molar refractivity (Wildman–Crippen MR) is 281 cm³/mol. The number of aliphatic hydroxyl groups is 2. The van der Waals surface area contributed by atoms with Gasteiger partial charge in [0.2, 0.25) is 5.91 Å². The number of carbonyl (C=O) groups excluding carboxylic acids is 1. The molecule has 2 atom stereocenters. The highest BCUT2D eigenvalue weighted by Gasteiger charge is 2.18. The maximum Gasteiger partial charge on any atom is 0.220 e. The van der Waals surface area contributed by atoms with Gasteiger partial charge in [-0.05, 0) is 51.4 Å². The van der Waals surface area contributed by atoms with Crippen LogP contribution >= 0.6 is 0 Å². The Morgan fingerprint density at radius 2 is 0.651 bits per heavy atom. The molecule has 0 saturated heterocycles. The Bertz CT molecular complexity index is 958. The summed E-state index contributed by atoms with van der Waals surface area (Å²) in [4.78, 5) is 12.5. The zero-order chi connectivity index (χ0) is 45.6. The third-order valence-corrected chi connectivity index (χ3v) is 13.4. The van der Waals surface area contributed by atoms with Crippen molar-refractivity contribution in [1.29, 1.82) is 0 Å². The molecule has 1 amide bonds. The topological polar surface area (TPSA) is 69.6 Å². The number of rotatable bonds is 53. The Labute approximate surface area is 395 Å². The number of unbranched alkanes of at least 4 members (excludes halogenated alkanes) is 42. The monoisotopic (exact) mass is 884 g/mol. The summed E-state index contributed by atoms with van der Waals surface area (Å²) in [5.41, 5.74) is 0. The van der Waals surface area contributed by atoms with Gasteiger partial charge in [-0.2, -0.15) is 0 Å². The van der Waals surface area contributed by atoms with E-state index in [2.05, 4.69) is 43.5 Å². The predicted octanol–water partition coefficient (Wildman–Crippen LogP) is 18.9. The molecule has 0 radical (unpaired) electrons. The van der Waals surface area contributed by atoms with Gasteiger partial charge in [-0.1, -0.05) is 294 Å². The second kappa shape index (κ2) is 54.9. The summed E-state index contributed by atoms with van der Waals surface area (Å²) >= 11 is 0. The molecule has 0 aromatic carbocycles. The first kappa shape index (κ1) is 61.6. The van der Waals surface area contributed by atoms with Crippen molar-refractivity contribution in [2.45, 2.75) is 328 Å². The fourth-order valence-electron chi connectivity index (χ4n) is 8.98. The van der Waals surface area contributed by atoms with E-state index in [1.807, 2.05) is 6.08 Å². The quantitative estimate of drug-likeness (QED) is 0.0421. The van der Waals surface area contributed by atoms with Gasteiger partial charge in [-0.25, -0.2) is 0 Å². The molecular formula is C59H113NO3. The molecular weight excluding hydrogens is 771 g/mol. The Hall–Kier alpha value is -1.39. The first-order valence-electron chi connectivity index (χ1n) is 28.7. The number of allylic oxidation sites excluding steroid dienone is 5. The van der Waals surface area contributed by atoms with Gasteiger partial charge in [0.25, 0.3) is 0 Å². The zero-order valence-electron chi connectivity index (χ0n) is 42.9. The smallest absolute Gasteiger partial charge is 0.220 e. The van der Waals surface area contributed by atoms with Crippen molar-refractivity contribution < 1.29 is 15.0 Å². The number of nitrogens with one attached hydrogen (secondary N) is 1. The van der Waals surface area contributed by atoms with Crippen molar-refractivity contribution in [2.24, 2.45) is 0 Å². The standard InChI is InChI=1S/C59H113NO3/c1-3-5-7-9-11-13-15-17-19-21-23-25-26-27-28-29-30-31-32-33-34-35-37-39-41-43-45-47-49-51-53-55-59(63)60-57(56-61)58(62)54-52-50-48-46-44-42-40-38-36-24-22-20-18-16-14-12-10-8-6-4-2/h15,17,21,23,52,54,57-58,61-62H,3-14,16,18-20,22,24-51,53,55-56H2,1-2H3,(H,60,63)/b17-15-,23-21-,54-52+. The molecule has 0 bridgehead atoms. The van der Waals surface area contributed by atoms with E-state index in [0.717, 1.165) is 32.1 Å². The van der Waals surface area contributed by atoms with E-state index >= 15 is 0 Å². The van der Waals surface area contributed by atoms with Crippen LogP contribution in [0.3, 0.4) is 0 Å².